The molecule has 18 nitrogen and oxygen atoms in total. The summed E-state index contributed by atoms with van der Waals surface area (Å²) in [5.41, 5.74) is -4.84. The molecule has 2 fully saturated rings. The van der Waals surface area contributed by atoms with E-state index >= 15 is 0 Å². The number of amides is 1. The number of nitrogens with zero attached hydrogens (tertiary/aromatic N) is 1. The Balaban J connectivity index is 1.47. The molecular formula is C39H49NO17. The Morgan fingerprint density at radius 1 is 0.947 bits per heavy atom. The zero-order valence-electron chi connectivity index (χ0n) is 32.9. The highest BCUT2D eigenvalue weighted by Gasteiger charge is 2.60. The first-order valence-corrected chi connectivity index (χ1v) is 18.3. The topological polar surface area (TPSA) is 253 Å². The molecule has 57 heavy (non-hydrogen) atoms. The van der Waals surface area contributed by atoms with Crippen molar-refractivity contribution in [3.8, 4) is 28.7 Å². The van der Waals surface area contributed by atoms with E-state index in [0.29, 0.717) is 6.41 Å². The van der Waals surface area contributed by atoms with Crippen LogP contribution in [-0.2, 0) is 48.3 Å². The third-order valence-corrected chi connectivity index (χ3v) is 12.6. The predicted molar refractivity (Wildman–Crippen MR) is 196 cm³/mol. The number of phenols is 4. The SMILES string of the molecule is COC(=O)[C@H]1c2cc3c(O)c4c5c(cc(O)c4c(O)c3c(O)c2[C@H](O[C@H]2O[C@H](C)[C@@H](OC)[C@@](C)(OC)[C@@H]2OC)C[C@@]1(C)O)[C@]1(C)O[C@H](O5)[C@H](O)[C@@H](N(C)C=O)[C@@H]1O. The van der Waals surface area contributed by atoms with Crippen molar-refractivity contribution in [1.29, 1.82) is 0 Å². The van der Waals surface area contributed by atoms with E-state index in [1.54, 1.807) is 13.8 Å². The van der Waals surface area contributed by atoms with Crippen molar-refractivity contribution in [3.63, 3.8) is 0 Å². The van der Waals surface area contributed by atoms with Gasteiger partial charge < -0.3 is 78.5 Å². The van der Waals surface area contributed by atoms with Crippen LogP contribution >= 0.6 is 0 Å². The number of esters is 1. The lowest BCUT2D eigenvalue weighted by molar-refractivity contribution is -0.345. The summed E-state index contributed by atoms with van der Waals surface area (Å²) in [6.45, 7) is 6.35. The maximum Gasteiger partial charge on any atom is 0.316 e. The zero-order chi connectivity index (χ0) is 41.8. The predicted octanol–water partition coefficient (Wildman–Crippen LogP) is 1.61. The Labute approximate surface area is 326 Å². The lowest BCUT2D eigenvalue weighted by Gasteiger charge is -2.53. The molecule has 1 aliphatic carbocycles. The van der Waals surface area contributed by atoms with Gasteiger partial charge in [-0.1, -0.05) is 0 Å². The van der Waals surface area contributed by atoms with Gasteiger partial charge in [0, 0.05) is 51.3 Å². The van der Waals surface area contributed by atoms with Crippen LogP contribution in [0.4, 0.5) is 0 Å². The fourth-order valence-electron chi connectivity index (χ4n) is 9.66. The second-order valence-electron chi connectivity index (χ2n) is 15.8. The van der Waals surface area contributed by atoms with Crippen LogP contribution in [0.1, 0.15) is 62.8 Å². The molecule has 2 saturated heterocycles. The Morgan fingerprint density at radius 3 is 2.21 bits per heavy atom. The van der Waals surface area contributed by atoms with Gasteiger partial charge in [0.2, 0.25) is 12.7 Å². The lowest BCUT2D eigenvalue weighted by Crippen LogP contribution is -2.68. The number of likely N-dealkylation sites (N-methyl/N-ethyl adjacent to an activating group) is 1. The molecule has 3 aromatic rings. The number of aliphatic hydroxyl groups excluding tert-OH is 2. The maximum atomic E-state index is 13.5. The fraction of sp³-hybridized carbons (Fsp3) is 0.590. The third kappa shape index (κ3) is 5.64. The van der Waals surface area contributed by atoms with Crippen LogP contribution in [0, 0.1) is 0 Å². The molecule has 18 heteroatoms. The summed E-state index contributed by atoms with van der Waals surface area (Å²) in [6, 6.07) is 1.24. The number of benzene rings is 3. The fourth-order valence-corrected chi connectivity index (χ4v) is 9.66. The highest BCUT2D eigenvalue weighted by Crippen LogP contribution is 2.60. The van der Waals surface area contributed by atoms with Crippen molar-refractivity contribution < 1.29 is 83.2 Å². The Morgan fingerprint density at radius 2 is 1.61 bits per heavy atom. The normalized spacial score (nSPS) is 37.3. The summed E-state index contributed by atoms with van der Waals surface area (Å²) in [7, 11) is 6.90. The minimum atomic E-state index is -1.90. The van der Waals surface area contributed by atoms with Crippen molar-refractivity contribution >= 4 is 33.9 Å². The number of fused-ring (bicyclic) bond motifs is 8. The molecule has 0 radical (unpaired) electrons. The largest absolute Gasteiger partial charge is 0.507 e. The summed E-state index contributed by atoms with van der Waals surface area (Å²) < 4.78 is 47.4. The van der Waals surface area contributed by atoms with Gasteiger partial charge in [-0.15, -0.1) is 0 Å². The molecule has 2 bridgehead atoms. The second-order valence-corrected chi connectivity index (χ2v) is 15.8. The molecule has 0 spiro atoms. The molecule has 4 aliphatic rings. The molecular weight excluding hydrogens is 754 g/mol. The van der Waals surface area contributed by atoms with Gasteiger partial charge >= 0.3 is 5.97 Å². The molecule has 0 saturated carbocycles. The molecule has 312 valence electrons. The van der Waals surface area contributed by atoms with Crippen molar-refractivity contribution in [2.45, 2.75) is 112 Å². The minimum absolute atomic E-state index is 0.000643. The third-order valence-electron chi connectivity index (χ3n) is 12.6. The zero-order valence-corrected chi connectivity index (χ0v) is 32.9. The number of methoxy groups -OCH3 is 4. The summed E-state index contributed by atoms with van der Waals surface area (Å²) >= 11 is 0. The molecule has 13 atom stereocenters. The van der Waals surface area contributed by atoms with E-state index in [0.717, 1.165) is 18.1 Å². The average molecular weight is 804 g/mol. The highest BCUT2D eigenvalue weighted by molar-refractivity contribution is 6.17. The number of hydrogen-bond acceptors (Lipinski definition) is 17. The van der Waals surface area contributed by atoms with Crippen LogP contribution in [0.15, 0.2) is 12.1 Å². The molecule has 3 heterocycles. The first-order chi connectivity index (χ1) is 26.8. The van der Waals surface area contributed by atoms with Crippen molar-refractivity contribution in [1.82, 2.24) is 4.90 Å². The maximum absolute atomic E-state index is 13.5. The van der Waals surface area contributed by atoms with E-state index in [2.05, 4.69) is 0 Å². The van der Waals surface area contributed by atoms with E-state index in [1.165, 1.54) is 48.3 Å². The van der Waals surface area contributed by atoms with E-state index in [4.69, 9.17) is 37.9 Å². The van der Waals surface area contributed by atoms with E-state index in [1.807, 2.05) is 0 Å². The quantitative estimate of drug-likeness (QED) is 0.0739. The van der Waals surface area contributed by atoms with E-state index < -0.39 is 107 Å². The van der Waals surface area contributed by atoms with Gasteiger partial charge in [-0.05, 0) is 45.4 Å². The second kappa shape index (κ2) is 14.0. The van der Waals surface area contributed by atoms with Crippen molar-refractivity contribution in [3.05, 3.63) is 28.8 Å². The lowest BCUT2D eigenvalue weighted by atomic mass is 9.70. The molecule has 3 aliphatic heterocycles. The number of hydrogen-bond donors (Lipinski definition) is 7. The van der Waals surface area contributed by atoms with Crippen molar-refractivity contribution in [2.75, 3.05) is 35.5 Å². The summed E-state index contributed by atoms with van der Waals surface area (Å²) in [5, 5.41) is 81.3. The molecule has 0 aromatic heterocycles. The average Bonchev–Trinajstić information content (AvgIpc) is 3.15. The monoisotopic (exact) mass is 803 g/mol. The molecule has 0 unspecified atom stereocenters. The molecule has 7 N–H and O–H groups in total. The van der Waals surface area contributed by atoms with Crippen LogP contribution in [-0.4, -0.2) is 149 Å². The smallest absolute Gasteiger partial charge is 0.316 e. The van der Waals surface area contributed by atoms with Crippen LogP contribution in [0.3, 0.4) is 0 Å². The number of carbonyl (C=O) groups excluding carboxylic acids is 2. The van der Waals surface area contributed by atoms with E-state index in [9.17, 15) is 45.3 Å². The standard InChI is InChI=1S/C39H49NO17/c1-14-32(50-6)39(4,53-9)33(51-7)36(54-14)55-19-12-37(2,49)24(34(48)52-8)15-10-16-21(27(44)20(15)19)28(45)22-18(42)11-17-30(23(22)26(16)43)56-35-29(46)25(40(5)13-41)31(47)38(17,3)57-35/h10-11,13-14,19,24-25,29,31-33,35-36,42-47,49H,12H2,1-9H3/t14-,19-,24-,25-,29-,31+,32-,33-,35+,36-,37-,38+,39-/m1/s1. The van der Waals surface area contributed by atoms with Gasteiger partial charge in [-0.2, -0.15) is 0 Å². The van der Waals surface area contributed by atoms with Crippen LogP contribution in [0.5, 0.6) is 28.7 Å². The highest BCUT2D eigenvalue weighted by atomic mass is 16.7. The number of phenolic OH excluding ortho intramolecular Hbond substituents is 4. The number of aliphatic hydroxyl groups is 3. The number of rotatable bonds is 8. The van der Waals surface area contributed by atoms with Gasteiger partial charge in [-0.25, -0.2) is 0 Å². The molecule has 7 rings (SSSR count). The molecule has 3 aromatic carbocycles. The summed E-state index contributed by atoms with van der Waals surface area (Å²) in [6.07, 6.45) is -9.17. The van der Waals surface area contributed by atoms with E-state index in [-0.39, 0.29) is 50.4 Å². The minimum Gasteiger partial charge on any atom is -0.507 e. The van der Waals surface area contributed by atoms with Gasteiger partial charge in [0.05, 0.1) is 47.1 Å². The Bertz CT molecular complexity index is 2130. The van der Waals surface area contributed by atoms with Gasteiger partial charge in [0.15, 0.2) is 6.29 Å². The van der Waals surface area contributed by atoms with Crippen molar-refractivity contribution in [2.24, 2.45) is 0 Å². The number of carbonyl (C=O) groups is 2. The number of ether oxygens (including phenoxy) is 8. The summed E-state index contributed by atoms with van der Waals surface area (Å²) in [4.78, 5) is 26.3. The number of aromatic hydroxyl groups is 4. The first kappa shape index (κ1) is 40.9. The van der Waals surface area contributed by atoms with Crippen LogP contribution in [0.25, 0.3) is 21.5 Å². The van der Waals surface area contributed by atoms with Gasteiger partial charge in [-0.3, -0.25) is 9.59 Å². The van der Waals surface area contributed by atoms with Gasteiger partial charge in [0.1, 0.15) is 70.3 Å². The first-order valence-electron chi connectivity index (χ1n) is 18.3. The molecule has 1 amide bonds. The Hall–Kier alpha value is -4.24. The summed E-state index contributed by atoms with van der Waals surface area (Å²) in [5.74, 6) is -5.21. The van der Waals surface area contributed by atoms with Crippen LogP contribution < -0.4 is 4.74 Å². The van der Waals surface area contributed by atoms with Crippen LogP contribution in [0.2, 0.25) is 0 Å². The van der Waals surface area contributed by atoms with Gasteiger partial charge in [0.25, 0.3) is 0 Å². The Kier molecular flexibility index (Phi) is 10.0.